The van der Waals surface area contributed by atoms with Gasteiger partial charge in [0.25, 0.3) is 0 Å². The Morgan fingerprint density at radius 2 is 1.43 bits per heavy atom. The average molecular weight is 597 g/mol. The normalized spacial score (nSPS) is 11.6. The third-order valence-electron chi connectivity index (χ3n) is 4.59. The van der Waals surface area contributed by atoms with E-state index >= 15 is 0 Å². The SMILES string of the molecule is Cc1cc(COCc2ccc(I)cc2)ccc1[I+]c1ccc(C(C)(C)C)cc1. The maximum Gasteiger partial charge on any atom is 0.358 e. The number of hydrogen-bond acceptors (Lipinski definition) is 1. The molecule has 3 aromatic rings. The minimum atomic E-state index is -0.150. The van der Waals surface area contributed by atoms with E-state index in [0.29, 0.717) is 13.2 Å². The molecule has 0 aliphatic carbocycles. The molecular weight excluding hydrogens is 570 g/mol. The van der Waals surface area contributed by atoms with Crippen molar-refractivity contribution in [3.63, 3.8) is 0 Å². The molecule has 3 rings (SSSR count). The molecule has 0 aromatic heterocycles. The van der Waals surface area contributed by atoms with Crippen LogP contribution in [-0.2, 0) is 23.4 Å². The van der Waals surface area contributed by atoms with Gasteiger partial charge in [0, 0.05) is 9.13 Å². The van der Waals surface area contributed by atoms with Crippen LogP contribution in [0.4, 0.5) is 0 Å². The van der Waals surface area contributed by atoms with E-state index in [4.69, 9.17) is 4.74 Å². The second-order valence-corrected chi connectivity index (χ2v) is 12.2. The number of benzene rings is 3. The molecule has 0 saturated carbocycles. The number of aryl methyl sites for hydroxylation is 1. The fourth-order valence-electron chi connectivity index (χ4n) is 2.90. The summed E-state index contributed by atoms with van der Waals surface area (Å²) in [5.41, 5.74) is 5.46. The zero-order valence-corrected chi connectivity index (χ0v) is 21.2. The van der Waals surface area contributed by atoms with Gasteiger partial charge in [-0.05, 0) is 88.0 Å². The van der Waals surface area contributed by atoms with Crippen molar-refractivity contribution in [1.29, 1.82) is 0 Å². The Kier molecular flexibility index (Phi) is 7.56. The Bertz CT molecular complexity index is 907. The Labute approximate surface area is 193 Å². The standard InChI is InChI=1S/C25H27I2O/c1-18-15-20(17-28-16-19-5-10-22(26)11-6-19)7-14-24(18)27-23-12-8-21(9-13-23)25(2,3)4/h5-15H,16-17H2,1-4H3/q+1. The van der Waals surface area contributed by atoms with Gasteiger partial charge in [-0.25, -0.2) is 0 Å². The van der Waals surface area contributed by atoms with Crippen molar-refractivity contribution in [2.45, 2.75) is 46.3 Å². The number of ether oxygens (including phenoxy) is 1. The van der Waals surface area contributed by atoms with E-state index in [1.807, 2.05) is 0 Å². The topological polar surface area (TPSA) is 9.23 Å². The fourth-order valence-corrected chi connectivity index (χ4v) is 5.59. The van der Waals surface area contributed by atoms with E-state index in [2.05, 4.69) is 117 Å². The van der Waals surface area contributed by atoms with Crippen molar-refractivity contribution in [1.82, 2.24) is 0 Å². The molecule has 28 heavy (non-hydrogen) atoms. The van der Waals surface area contributed by atoms with E-state index in [9.17, 15) is 0 Å². The fraction of sp³-hybridized carbons (Fsp3) is 0.280. The summed E-state index contributed by atoms with van der Waals surface area (Å²) in [5, 5.41) is 0. The maximum atomic E-state index is 5.91. The molecule has 1 nitrogen and oxygen atoms in total. The molecule has 0 fully saturated rings. The molecular formula is C25H27I2O+. The van der Waals surface area contributed by atoms with E-state index < -0.39 is 0 Å². The van der Waals surface area contributed by atoms with Gasteiger partial charge in [0.1, 0.15) is 0 Å². The predicted octanol–water partition coefficient (Wildman–Crippen LogP) is 3.74. The zero-order valence-electron chi connectivity index (χ0n) is 16.9. The highest BCUT2D eigenvalue weighted by atomic mass is 127. The van der Waals surface area contributed by atoms with E-state index in [1.54, 1.807) is 0 Å². The molecule has 0 radical (unpaired) electrons. The maximum absolute atomic E-state index is 5.91. The van der Waals surface area contributed by atoms with E-state index in [1.165, 1.54) is 33.0 Å². The largest absolute Gasteiger partial charge is 0.372 e. The molecule has 0 atom stereocenters. The van der Waals surface area contributed by atoms with Crippen molar-refractivity contribution >= 4 is 22.6 Å². The van der Waals surface area contributed by atoms with Crippen LogP contribution in [0, 0.1) is 17.6 Å². The van der Waals surface area contributed by atoms with Gasteiger partial charge in [0.2, 0.25) is 0 Å². The van der Waals surface area contributed by atoms with E-state index in [-0.39, 0.29) is 26.6 Å². The molecule has 0 bridgehead atoms. The summed E-state index contributed by atoms with van der Waals surface area (Å²) >= 11 is 2.17. The van der Waals surface area contributed by atoms with Crippen LogP contribution in [0.2, 0.25) is 0 Å². The summed E-state index contributed by atoms with van der Waals surface area (Å²) in [4.78, 5) is 0. The van der Waals surface area contributed by atoms with Crippen molar-refractivity contribution < 1.29 is 25.9 Å². The van der Waals surface area contributed by atoms with Gasteiger partial charge in [-0.3, -0.25) is 0 Å². The molecule has 0 saturated heterocycles. The van der Waals surface area contributed by atoms with Gasteiger partial charge in [-0.2, -0.15) is 0 Å². The summed E-state index contributed by atoms with van der Waals surface area (Å²) in [7, 11) is 0. The molecule has 0 amide bonds. The summed E-state index contributed by atoms with van der Waals surface area (Å²) in [6, 6.07) is 24.5. The van der Waals surface area contributed by atoms with Crippen LogP contribution in [0.25, 0.3) is 0 Å². The molecule has 0 heterocycles. The Morgan fingerprint density at radius 3 is 2.04 bits per heavy atom. The summed E-state index contributed by atoms with van der Waals surface area (Å²) in [5.74, 6) is 0. The lowest BCUT2D eigenvalue weighted by Crippen LogP contribution is -3.61. The average Bonchev–Trinajstić information content (AvgIpc) is 2.65. The predicted molar refractivity (Wildman–Crippen MR) is 121 cm³/mol. The van der Waals surface area contributed by atoms with Crippen LogP contribution >= 0.6 is 22.6 Å². The van der Waals surface area contributed by atoms with Gasteiger partial charge < -0.3 is 4.74 Å². The van der Waals surface area contributed by atoms with Crippen LogP contribution in [0.5, 0.6) is 0 Å². The first-order valence-electron chi connectivity index (χ1n) is 9.48. The van der Waals surface area contributed by atoms with Crippen LogP contribution in [-0.4, -0.2) is 0 Å². The molecule has 3 aromatic carbocycles. The third-order valence-corrected chi connectivity index (χ3v) is 8.45. The summed E-state index contributed by atoms with van der Waals surface area (Å²) in [6.45, 7) is 10.3. The first kappa shape index (κ1) is 21.8. The molecule has 0 spiro atoms. The Morgan fingerprint density at radius 1 is 0.821 bits per heavy atom. The highest BCUT2D eigenvalue weighted by Gasteiger charge is 2.20. The number of hydrogen-bond donors (Lipinski definition) is 0. The second kappa shape index (κ2) is 9.72. The summed E-state index contributed by atoms with van der Waals surface area (Å²) < 4.78 is 10.1. The summed E-state index contributed by atoms with van der Waals surface area (Å²) in [6.07, 6.45) is 0. The van der Waals surface area contributed by atoms with Crippen molar-refractivity contribution in [2.75, 3.05) is 0 Å². The molecule has 146 valence electrons. The highest BCUT2D eigenvalue weighted by Crippen LogP contribution is 2.20. The molecule has 0 aliphatic rings. The lowest BCUT2D eigenvalue weighted by molar-refractivity contribution is -0.598. The Balaban J connectivity index is 1.58. The monoisotopic (exact) mass is 597 g/mol. The molecule has 0 aliphatic heterocycles. The lowest BCUT2D eigenvalue weighted by atomic mass is 9.87. The van der Waals surface area contributed by atoms with Gasteiger partial charge in [0.15, 0.2) is 7.14 Å². The van der Waals surface area contributed by atoms with Crippen molar-refractivity contribution in [3.8, 4) is 0 Å². The van der Waals surface area contributed by atoms with Crippen LogP contribution < -0.4 is 21.2 Å². The minimum Gasteiger partial charge on any atom is -0.372 e. The molecule has 0 unspecified atom stereocenters. The first-order chi connectivity index (χ1) is 13.3. The first-order valence-corrected chi connectivity index (χ1v) is 12.7. The van der Waals surface area contributed by atoms with Crippen molar-refractivity contribution in [2.24, 2.45) is 0 Å². The van der Waals surface area contributed by atoms with Crippen LogP contribution in [0.15, 0.2) is 66.7 Å². The quantitative estimate of drug-likeness (QED) is 0.394. The lowest BCUT2D eigenvalue weighted by Gasteiger charge is -2.18. The van der Waals surface area contributed by atoms with Crippen molar-refractivity contribution in [3.05, 3.63) is 99.7 Å². The highest BCUT2D eigenvalue weighted by molar-refractivity contribution is 14.1. The van der Waals surface area contributed by atoms with Gasteiger partial charge in [0.05, 0.1) is 13.2 Å². The number of halogens is 2. The van der Waals surface area contributed by atoms with Gasteiger partial charge in [-0.1, -0.05) is 51.1 Å². The van der Waals surface area contributed by atoms with E-state index in [0.717, 1.165) is 0 Å². The Hall–Kier alpha value is -0.920. The second-order valence-electron chi connectivity index (χ2n) is 8.05. The smallest absolute Gasteiger partial charge is 0.358 e. The van der Waals surface area contributed by atoms with Crippen LogP contribution in [0.1, 0.15) is 43.0 Å². The third kappa shape index (κ3) is 6.29. The zero-order chi connectivity index (χ0) is 20.1. The van der Waals surface area contributed by atoms with Crippen LogP contribution in [0.3, 0.4) is 0 Å². The minimum absolute atomic E-state index is 0.150. The van der Waals surface area contributed by atoms with Gasteiger partial charge in [-0.15, -0.1) is 0 Å². The number of rotatable bonds is 6. The van der Waals surface area contributed by atoms with Gasteiger partial charge >= 0.3 is 21.2 Å². The molecule has 0 N–H and O–H groups in total. The molecule has 3 heteroatoms.